The third-order valence-corrected chi connectivity index (χ3v) is 7.69. The third kappa shape index (κ3) is 4.77. The minimum absolute atomic E-state index is 0.0440. The van der Waals surface area contributed by atoms with E-state index >= 15 is 0 Å². The molecule has 0 amide bonds. The smallest absolute Gasteiger partial charge is 0.188 e. The maximum atomic E-state index is 14.2. The molecule has 2 N–H and O–H groups in total. The number of nitrogens with zero attached hydrogens (tertiary/aromatic N) is 3. The summed E-state index contributed by atoms with van der Waals surface area (Å²) in [6.07, 6.45) is 4.88. The molecule has 0 unspecified atom stereocenters. The summed E-state index contributed by atoms with van der Waals surface area (Å²) in [5.41, 5.74) is -0.256. The number of hydrogen-bond donors (Lipinski definition) is 2. The Hall–Kier alpha value is -3.74. The van der Waals surface area contributed by atoms with Gasteiger partial charge in [0.2, 0.25) is 0 Å². The standard InChI is InChI=1S/C32H33N3O3/c1-30(2,3)23-15-13-22(14-16-23)24-20-31(37,26-11-5-8-18-34-26)21-32(38,27-12-6-9-19-35-27)28(24)29(36)25-10-4-7-17-33-25/h4-19,24,28,37-38H,20-21H2,1-3H3/t24-,28+,31+,32-/m0/s1. The number of benzene rings is 1. The van der Waals surface area contributed by atoms with Gasteiger partial charge in [0, 0.05) is 30.9 Å². The largest absolute Gasteiger partial charge is 0.383 e. The lowest BCUT2D eigenvalue weighted by Crippen LogP contribution is -2.54. The molecule has 0 saturated heterocycles. The van der Waals surface area contributed by atoms with E-state index in [0.717, 1.165) is 11.1 Å². The van der Waals surface area contributed by atoms with Crippen molar-refractivity contribution in [1.82, 2.24) is 15.0 Å². The van der Waals surface area contributed by atoms with Crippen LogP contribution in [-0.2, 0) is 16.6 Å². The number of carbonyl (C=O) groups is 1. The van der Waals surface area contributed by atoms with Gasteiger partial charge in [0.15, 0.2) is 5.78 Å². The molecule has 4 atom stereocenters. The van der Waals surface area contributed by atoms with Crippen molar-refractivity contribution in [3.63, 3.8) is 0 Å². The molecule has 38 heavy (non-hydrogen) atoms. The molecule has 1 saturated carbocycles. The number of aliphatic hydroxyl groups is 2. The topological polar surface area (TPSA) is 96.2 Å². The van der Waals surface area contributed by atoms with Gasteiger partial charge in [0.25, 0.3) is 0 Å². The second-order valence-corrected chi connectivity index (χ2v) is 11.3. The van der Waals surface area contributed by atoms with Crippen LogP contribution in [0.3, 0.4) is 0 Å². The summed E-state index contributed by atoms with van der Waals surface area (Å²) >= 11 is 0. The third-order valence-electron chi connectivity index (χ3n) is 7.69. The predicted molar refractivity (Wildman–Crippen MR) is 145 cm³/mol. The summed E-state index contributed by atoms with van der Waals surface area (Å²) in [4.78, 5) is 27.5. The van der Waals surface area contributed by atoms with Gasteiger partial charge in [-0.25, -0.2) is 0 Å². The second kappa shape index (κ2) is 9.86. The monoisotopic (exact) mass is 507 g/mol. The van der Waals surface area contributed by atoms with Crippen LogP contribution in [0.25, 0.3) is 0 Å². The van der Waals surface area contributed by atoms with Crippen LogP contribution in [0.4, 0.5) is 0 Å². The number of pyridine rings is 3. The number of hydrogen-bond acceptors (Lipinski definition) is 6. The van der Waals surface area contributed by atoms with Crippen molar-refractivity contribution in [1.29, 1.82) is 0 Å². The minimum atomic E-state index is -1.78. The molecule has 6 nitrogen and oxygen atoms in total. The Morgan fingerprint density at radius 2 is 1.37 bits per heavy atom. The highest BCUT2D eigenvalue weighted by atomic mass is 16.3. The molecule has 1 fully saturated rings. The summed E-state index contributed by atoms with van der Waals surface area (Å²) in [6.45, 7) is 6.45. The highest BCUT2D eigenvalue weighted by molar-refractivity contribution is 5.97. The number of carbonyl (C=O) groups excluding carboxylic acids is 1. The van der Waals surface area contributed by atoms with Gasteiger partial charge in [0.1, 0.15) is 16.9 Å². The average molecular weight is 508 g/mol. The first-order valence-corrected chi connectivity index (χ1v) is 13.0. The molecular formula is C32H33N3O3. The Morgan fingerprint density at radius 1 is 0.789 bits per heavy atom. The Kier molecular flexibility index (Phi) is 6.72. The number of ketones is 1. The fraction of sp³-hybridized carbons (Fsp3) is 0.312. The molecule has 1 aliphatic rings. The normalized spacial score (nSPS) is 25.6. The Balaban J connectivity index is 1.72. The molecule has 1 aromatic carbocycles. The van der Waals surface area contributed by atoms with Gasteiger partial charge in [-0.1, -0.05) is 63.2 Å². The van der Waals surface area contributed by atoms with E-state index in [1.165, 1.54) is 0 Å². The lowest BCUT2D eigenvalue weighted by atomic mass is 9.58. The molecule has 0 aliphatic heterocycles. The average Bonchev–Trinajstić information content (AvgIpc) is 2.93. The van der Waals surface area contributed by atoms with E-state index in [1.807, 2.05) is 18.2 Å². The number of aromatic nitrogens is 3. The van der Waals surface area contributed by atoms with E-state index in [4.69, 9.17) is 0 Å². The van der Waals surface area contributed by atoms with Gasteiger partial charge < -0.3 is 10.2 Å². The van der Waals surface area contributed by atoms with Crippen molar-refractivity contribution in [3.8, 4) is 0 Å². The van der Waals surface area contributed by atoms with E-state index in [2.05, 4.69) is 47.9 Å². The van der Waals surface area contributed by atoms with Crippen LogP contribution >= 0.6 is 0 Å². The van der Waals surface area contributed by atoms with E-state index < -0.39 is 23.0 Å². The van der Waals surface area contributed by atoms with E-state index in [0.29, 0.717) is 11.4 Å². The van der Waals surface area contributed by atoms with E-state index in [1.54, 1.807) is 67.1 Å². The molecule has 194 valence electrons. The molecule has 1 aliphatic carbocycles. The van der Waals surface area contributed by atoms with Crippen molar-refractivity contribution in [2.75, 3.05) is 0 Å². The van der Waals surface area contributed by atoms with Gasteiger partial charge in [-0.2, -0.15) is 0 Å². The molecule has 0 bridgehead atoms. The summed E-state index contributed by atoms with van der Waals surface area (Å²) in [7, 11) is 0. The van der Waals surface area contributed by atoms with Crippen molar-refractivity contribution >= 4 is 5.78 Å². The van der Waals surface area contributed by atoms with Crippen LogP contribution in [0.1, 0.15) is 72.5 Å². The molecule has 0 radical (unpaired) electrons. The summed E-state index contributed by atoms with van der Waals surface area (Å²) < 4.78 is 0. The van der Waals surface area contributed by atoms with Crippen molar-refractivity contribution in [2.45, 2.75) is 56.1 Å². The highest BCUT2D eigenvalue weighted by Crippen LogP contribution is 2.55. The van der Waals surface area contributed by atoms with Crippen LogP contribution in [0.5, 0.6) is 0 Å². The Morgan fingerprint density at radius 3 is 1.89 bits per heavy atom. The maximum Gasteiger partial charge on any atom is 0.188 e. The van der Waals surface area contributed by atoms with Crippen molar-refractivity contribution < 1.29 is 15.0 Å². The highest BCUT2D eigenvalue weighted by Gasteiger charge is 2.59. The molecule has 3 heterocycles. The fourth-order valence-corrected chi connectivity index (χ4v) is 5.75. The zero-order chi connectivity index (χ0) is 27.0. The number of Topliss-reactive ketones (excluding diaryl/α,β-unsaturated/α-hetero) is 1. The molecule has 5 rings (SSSR count). The Labute approximate surface area is 223 Å². The van der Waals surface area contributed by atoms with Crippen LogP contribution < -0.4 is 0 Å². The molecule has 3 aromatic heterocycles. The molecular weight excluding hydrogens is 474 g/mol. The minimum Gasteiger partial charge on any atom is -0.383 e. The maximum absolute atomic E-state index is 14.2. The second-order valence-electron chi connectivity index (χ2n) is 11.3. The van der Waals surface area contributed by atoms with Gasteiger partial charge in [0.05, 0.1) is 17.3 Å². The molecule has 0 spiro atoms. The van der Waals surface area contributed by atoms with Gasteiger partial charge in [-0.15, -0.1) is 0 Å². The number of rotatable bonds is 5. The van der Waals surface area contributed by atoms with Gasteiger partial charge in [-0.3, -0.25) is 19.7 Å². The Bertz CT molecular complexity index is 1390. The van der Waals surface area contributed by atoms with Crippen LogP contribution in [-0.4, -0.2) is 30.9 Å². The summed E-state index contributed by atoms with van der Waals surface area (Å²) in [5, 5.41) is 24.7. The van der Waals surface area contributed by atoms with Crippen LogP contribution in [0.15, 0.2) is 97.5 Å². The van der Waals surface area contributed by atoms with E-state index in [-0.39, 0.29) is 29.7 Å². The van der Waals surface area contributed by atoms with Gasteiger partial charge in [-0.05, 0) is 59.4 Å². The first-order chi connectivity index (χ1) is 18.1. The van der Waals surface area contributed by atoms with Gasteiger partial charge >= 0.3 is 0 Å². The van der Waals surface area contributed by atoms with Crippen molar-refractivity contribution in [3.05, 3.63) is 126 Å². The first kappa shape index (κ1) is 25.9. The zero-order valence-corrected chi connectivity index (χ0v) is 22.0. The first-order valence-electron chi connectivity index (χ1n) is 13.0. The van der Waals surface area contributed by atoms with Crippen LogP contribution in [0.2, 0.25) is 0 Å². The van der Waals surface area contributed by atoms with Crippen LogP contribution in [0, 0.1) is 5.92 Å². The predicted octanol–water partition coefficient (Wildman–Crippen LogP) is 5.32. The summed E-state index contributed by atoms with van der Waals surface area (Å²) in [5.74, 6) is -1.75. The lowest BCUT2D eigenvalue weighted by molar-refractivity contribution is -0.143. The zero-order valence-electron chi connectivity index (χ0n) is 22.0. The quantitative estimate of drug-likeness (QED) is 0.355. The SMILES string of the molecule is CC(C)(C)c1ccc([C@@H]2C[C@](O)(c3ccccn3)C[C@](O)(c3ccccn3)[C@H]2C(=O)c2ccccn2)cc1. The fourth-order valence-electron chi connectivity index (χ4n) is 5.75. The van der Waals surface area contributed by atoms with Crippen molar-refractivity contribution in [2.24, 2.45) is 5.92 Å². The van der Waals surface area contributed by atoms with E-state index in [9.17, 15) is 15.0 Å². The molecule has 4 aromatic rings. The molecule has 6 heteroatoms. The summed E-state index contributed by atoms with van der Waals surface area (Å²) in [6, 6.07) is 23.9. The lowest BCUT2D eigenvalue weighted by Gasteiger charge is -2.50.